The fourth-order valence-corrected chi connectivity index (χ4v) is 0.946. The van der Waals surface area contributed by atoms with Crippen molar-refractivity contribution >= 4 is 11.5 Å². The first-order valence-corrected chi connectivity index (χ1v) is 3.30. The van der Waals surface area contributed by atoms with Gasteiger partial charge in [0.05, 0.1) is 11.7 Å². The van der Waals surface area contributed by atoms with Gasteiger partial charge in [0.1, 0.15) is 6.33 Å². The maximum absolute atomic E-state index is 10.5. The maximum Gasteiger partial charge on any atom is 0.354 e. The fraction of sp³-hybridized carbons (Fsp3) is 0. The first-order valence-electron chi connectivity index (χ1n) is 3.30. The molecule has 1 N–H and O–H groups in total. The summed E-state index contributed by atoms with van der Waals surface area (Å²) in [4.78, 5) is 14.2. The SMILES string of the molecule is O=C(O)c1cc2ccnn2cn1. The Morgan fingerprint density at radius 2 is 2.42 bits per heavy atom. The van der Waals surface area contributed by atoms with E-state index >= 15 is 0 Å². The van der Waals surface area contributed by atoms with Crippen LogP contribution < -0.4 is 0 Å². The first kappa shape index (κ1) is 6.78. The zero-order chi connectivity index (χ0) is 8.55. The molecule has 0 saturated carbocycles. The van der Waals surface area contributed by atoms with Crippen LogP contribution in [0.2, 0.25) is 0 Å². The van der Waals surface area contributed by atoms with Gasteiger partial charge in [0.25, 0.3) is 0 Å². The Morgan fingerprint density at radius 1 is 1.58 bits per heavy atom. The van der Waals surface area contributed by atoms with Gasteiger partial charge in [-0.2, -0.15) is 5.10 Å². The van der Waals surface area contributed by atoms with E-state index in [4.69, 9.17) is 5.11 Å². The summed E-state index contributed by atoms with van der Waals surface area (Å²) in [6.07, 6.45) is 2.96. The van der Waals surface area contributed by atoms with Crippen molar-refractivity contribution in [3.8, 4) is 0 Å². The van der Waals surface area contributed by atoms with Crippen molar-refractivity contribution in [3.05, 3.63) is 30.4 Å². The van der Waals surface area contributed by atoms with E-state index in [9.17, 15) is 4.79 Å². The summed E-state index contributed by atoms with van der Waals surface area (Å²) in [7, 11) is 0. The molecule has 0 aliphatic carbocycles. The van der Waals surface area contributed by atoms with E-state index in [2.05, 4.69) is 10.1 Å². The number of carboxylic acids is 1. The standard InChI is InChI=1S/C7H5N3O2/c11-7(12)6-3-5-1-2-9-10(5)4-8-6/h1-4H,(H,11,12). The van der Waals surface area contributed by atoms with Gasteiger partial charge in [-0.15, -0.1) is 0 Å². The second-order valence-electron chi connectivity index (χ2n) is 2.28. The zero-order valence-electron chi connectivity index (χ0n) is 6.01. The van der Waals surface area contributed by atoms with Crippen LogP contribution in [-0.4, -0.2) is 25.7 Å². The third-order valence-corrected chi connectivity index (χ3v) is 1.51. The third kappa shape index (κ3) is 0.914. The number of hydrogen-bond donors (Lipinski definition) is 1. The van der Waals surface area contributed by atoms with E-state index < -0.39 is 5.97 Å². The first-order chi connectivity index (χ1) is 5.77. The van der Waals surface area contributed by atoms with E-state index in [1.54, 1.807) is 12.3 Å². The lowest BCUT2D eigenvalue weighted by Gasteiger charge is -1.93. The number of aromatic nitrogens is 3. The number of carbonyl (C=O) groups is 1. The van der Waals surface area contributed by atoms with Gasteiger partial charge >= 0.3 is 5.97 Å². The van der Waals surface area contributed by atoms with Crippen LogP contribution in [0.4, 0.5) is 0 Å². The normalized spacial score (nSPS) is 10.3. The number of aromatic carboxylic acids is 1. The number of fused-ring (bicyclic) bond motifs is 1. The van der Waals surface area contributed by atoms with Crippen LogP contribution in [0.15, 0.2) is 24.7 Å². The molecule has 0 aliphatic heterocycles. The number of nitrogens with zero attached hydrogens (tertiary/aromatic N) is 3. The molecule has 60 valence electrons. The zero-order valence-corrected chi connectivity index (χ0v) is 6.01. The molecule has 2 aromatic heterocycles. The van der Waals surface area contributed by atoms with Crippen LogP contribution in [0.1, 0.15) is 10.5 Å². The molecule has 5 nitrogen and oxygen atoms in total. The van der Waals surface area contributed by atoms with Crippen LogP contribution >= 0.6 is 0 Å². The molecule has 0 saturated heterocycles. The molecular weight excluding hydrogens is 158 g/mol. The average Bonchev–Trinajstić information content (AvgIpc) is 2.49. The molecule has 2 rings (SSSR count). The van der Waals surface area contributed by atoms with Crippen molar-refractivity contribution in [2.45, 2.75) is 0 Å². The van der Waals surface area contributed by atoms with E-state index in [-0.39, 0.29) is 5.69 Å². The van der Waals surface area contributed by atoms with E-state index in [1.807, 2.05) is 0 Å². The lowest BCUT2D eigenvalue weighted by molar-refractivity contribution is 0.0690. The fourth-order valence-electron chi connectivity index (χ4n) is 0.946. The van der Waals surface area contributed by atoms with Gasteiger partial charge in [-0.25, -0.2) is 14.3 Å². The monoisotopic (exact) mass is 163 g/mol. The Morgan fingerprint density at radius 3 is 3.17 bits per heavy atom. The molecule has 0 radical (unpaired) electrons. The lowest BCUT2D eigenvalue weighted by Crippen LogP contribution is -2.01. The molecule has 0 aliphatic rings. The summed E-state index contributed by atoms with van der Waals surface area (Å²) in [5.74, 6) is -1.03. The van der Waals surface area contributed by atoms with Crippen LogP contribution in [0.25, 0.3) is 5.52 Å². The molecule has 5 heteroatoms. The molecule has 0 aromatic carbocycles. The second-order valence-corrected chi connectivity index (χ2v) is 2.28. The molecule has 0 bridgehead atoms. The highest BCUT2D eigenvalue weighted by Crippen LogP contribution is 2.02. The Kier molecular flexibility index (Phi) is 1.30. The molecule has 2 aromatic rings. The van der Waals surface area contributed by atoms with Gasteiger partial charge in [0.15, 0.2) is 5.69 Å². The Bertz CT molecular complexity index is 435. The number of carboxylic acid groups (broad SMARTS) is 1. The smallest absolute Gasteiger partial charge is 0.354 e. The predicted molar refractivity (Wildman–Crippen MR) is 39.9 cm³/mol. The molecule has 12 heavy (non-hydrogen) atoms. The van der Waals surface area contributed by atoms with Crippen molar-refractivity contribution in [2.24, 2.45) is 0 Å². The van der Waals surface area contributed by atoms with Gasteiger partial charge in [-0.1, -0.05) is 0 Å². The molecule has 0 atom stereocenters. The highest BCUT2D eigenvalue weighted by atomic mass is 16.4. The summed E-state index contributed by atoms with van der Waals surface area (Å²) in [5.41, 5.74) is 0.755. The Labute approximate surface area is 67.3 Å². The summed E-state index contributed by atoms with van der Waals surface area (Å²) < 4.78 is 1.51. The van der Waals surface area contributed by atoms with Gasteiger partial charge in [-0.3, -0.25) is 0 Å². The minimum absolute atomic E-state index is 0.0306. The third-order valence-electron chi connectivity index (χ3n) is 1.51. The lowest BCUT2D eigenvalue weighted by atomic mass is 10.3. The minimum Gasteiger partial charge on any atom is -0.477 e. The average molecular weight is 163 g/mol. The van der Waals surface area contributed by atoms with Gasteiger partial charge in [0.2, 0.25) is 0 Å². The predicted octanol–water partition coefficient (Wildman–Crippen LogP) is 0.427. The second kappa shape index (κ2) is 2.30. The minimum atomic E-state index is -1.03. The Hall–Kier alpha value is -1.91. The van der Waals surface area contributed by atoms with Gasteiger partial charge in [-0.05, 0) is 12.1 Å². The summed E-state index contributed by atoms with van der Waals surface area (Å²) in [5, 5.41) is 12.5. The van der Waals surface area contributed by atoms with E-state index in [0.29, 0.717) is 0 Å². The Balaban J connectivity index is 2.68. The maximum atomic E-state index is 10.5. The van der Waals surface area contributed by atoms with E-state index in [0.717, 1.165) is 5.52 Å². The van der Waals surface area contributed by atoms with E-state index in [1.165, 1.54) is 16.9 Å². The van der Waals surface area contributed by atoms with Gasteiger partial charge in [0, 0.05) is 0 Å². The quantitative estimate of drug-likeness (QED) is 0.661. The van der Waals surface area contributed by atoms with Crippen LogP contribution in [0.3, 0.4) is 0 Å². The highest BCUT2D eigenvalue weighted by molar-refractivity contribution is 5.86. The molecule has 0 fully saturated rings. The van der Waals surface area contributed by atoms with Crippen molar-refractivity contribution in [1.29, 1.82) is 0 Å². The van der Waals surface area contributed by atoms with Crippen LogP contribution in [-0.2, 0) is 0 Å². The molecule has 0 amide bonds. The van der Waals surface area contributed by atoms with Gasteiger partial charge < -0.3 is 5.11 Å². The van der Waals surface area contributed by atoms with Crippen molar-refractivity contribution in [1.82, 2.24) is 14.6 Å². The number of rotatable bonds is 1. The summed E-state index contributed by atoms with van der Waals surface area (Å²) in [6.45, 7) is 0. The molecule has 0 unspecified atom stereocenters. The van der Waals surface area contributed by atoms with Crippen LogP contribution in [0.5, 0.6) is 0 Å². The highest BCUT2D eigenvalue weighted by Gasteiger charge is 2.04. The summed E-state index contributed by atoms with van der Waals surface area (Å²) in [6, 6.07) is 3.18. The van der Waals surface area contributed by atoms with Crippen molar-refractivity contribution in [2.75, 3.05) is 0 Å². The molecular formula is C7H5N3O2. The number of hydrogen-bond acceptors (Lipinski definition) is 3. The van der Waals surface area contributed by atoms with Crippen molar-refractivity contribution < 1.29 is 9.90 Å². The van der Waals surface area contributed by atoms with Crippen LogP contribution in [0, 0.1) is 0 Å². The van der Waals surface area contributed by atoms with Crippen molar-refractivity contribution in [3.63, 3.8) is 0 Å². The largest absolute Gasteiger partial charge is 0.477 e. The summed E-state index contributed by atoms with van der Waals surface area (Å²) >= 11 is 0. The topological polar surface area (TPSA) is 67.5 Å². The molecule has 0 spiro atoms. The molecule has 2 heterocycles.